The zero-order valence-corrected chi connectivity index (χ0v) is 18.7. The van der Waals surface area contributed by atoms with Crippen molar-refractivity contribution in [2.24, 2.45) is 5.10 Å². The zero-order chi connectivity index (χ0) is 24.1. The summed E-state index contributed by atoms with van der Waals surface area (Å²) in [6, 6.07) is 10.9. The molecule has 0 saturated carbocycles. The van der Waals surface area contributed by atoms with Crippen LogP contribution in [0, 0.1) is 0 Å². The number of hydrazone groups is 1. The van der Waals surface area contributed by atoms with Crippen LogP contribution in [0.3, 0.4) is 0 Å². The monoisotopic (exact) mass is 452 g/mol. The molecule has 0 aliphatic carbocycles. The van der Waals surface area contributed by atoms with Gasteiger partial charge in [0.25, 0.3) is 5.91 Å². The van der Waals surface area contributed by atoms with Crippen LogP contribution >= 0.6 is 0 Å². The van der Waals surface area contributed by atoms with Crippen LogP contribution in [0.4, 0.5) is 5.69 Å². The topological polar surface area (TPSA) is 115 Å². The minimum atomic E-state index is -1.05. The molecule has 1 heterocycles. The maximum Gasteiger partial charge on any atom is 0.344 e. The number of carbonyl (C=O) groups is 3. The number of hydrogen-bond acceptors (Lipinski definition) is 7. The number of carbonyl (C=O) groups excluding carboxylic acids is 2. The Hall–Kier alpha value is -4.14. The number of anilines is 1. The maximum atomic E-state index is 12.9. The molecular formula is C24H24N2O7. The van der Waals surface area contributed by atoms with Gasteiger partial charge in [0.1, 0.15) is 0 Å². The molecule has 2 aromatic carbocycles. The lowest BCUT2D eigenvalue weighted by Gasteiger charge is -2.13. The summed E-state index contributed by atoms with van der Waals surface area (Å²) in [5.41, 5.74) is 2.15. The van der Waals surface area contributed by atoms with Crippen LogP contribution in [-0.2, 0) is 14.3 Å². The summed E-state index contributed by atoms with van der Waals surface area (Å²) in [6.45, 7) is 4.96. The second-order valence-electron chi connectivity index (χ2n) is 7.45. The molecule has 0 bridgehead atoms. The van der Waals surface area contributed by atoms with Gasteiger partial charge < -0.3 is 19.3 Å². The molecule has 172 valence electrons. The van der Waals surface area contributed by atoms with E-state index in [0.29, 0.717) is 34.0 Å². The number of aromatic carboxylic acids is 1. The molecule has 1 aliphatic rings. The lowest BCUT2D eigenvalue weighted by atomic mass is 10.1. The number of hydrogen-bond donors (Lipinski definition) is 1. The minimum Gasteiger partial charge on any atom is -0.493 e. The predicted molar refractivity (Wildman–Crippen MR) is 122 cm³/mol. The second kappa shape index (κ2) is 9.99. The van der Waals surface area contributed by atoms with Crippen molar-refractivity contribution in [1.29, 1.82) is 0 Å². The molecule has 1 N–H and O–H groups in total. The van der Waals surface area contributed by atoms with Crippen LogP contribution in [0.2, 0.25) is 0 Å². The molecule has 0 fully saturated rings. The van der Waals surface area contributed by atoms with Gasteiger partial charge in [-0.15, -0.1) is 0 Å². The first kappa shape index (κ1) is 23.5. The van der Waals surface area contributed by atoms with Gasteiger partial charge in [-0.3, -0.25) is 4.79 Å². The standard InChI is InChI=1S/C24H24N2O7/c1-14(2)33-22(27)13-32-20-10-5-16(12-21(20)31-4)11-19-15(3)25-26(23(19)28)18-8-6-17(7-9-18)24(29)30/h5-12,14H,13H2,1-4H3,(H,29,30)/b19-11+. The maximum absolute atomic E-state index is 12.9. The van der Waals surface area contributed by atoms with E-state index in [1.807, 2.05) is 0 Å². The Morgan fingerprint density at radius 1 is 1.12 bits per heavy atom. The quantitative estimate of drug-likeness (QED) is 0.481. The molecular weight excluding hydrogens is 428 g/mol. The summed E-state index contributed by atoms with van der Waals surface area (Å²) in [4.78, 5) is 35.7. The van der Waals surface area contributed by atoms with E-state index in [1.54, 1.807) is 45.0 Å². The van der Waals surface area contributed by atoms with Gasteiger partial charge in [0, 0.05) is 0 Å². The molecule has 9 heteroatoms. The third-order valence-electron chi connectivity index (χ3n) is 4.63. The molecule has 0 saturated heterocycles. The number of benzene rings is 2. The average Bonchev–Trinajstić information content (AvgIpc) is 3.06. The van der Waals surface area contributed by atoms with Crippen LogP contribution in [-0.4, -0.2) is 48.5 Å². The van der Waals surface area contributed by atoms with Crippen molar-refractivity contribution >= 4 is 35.3 Å². The lowest BCUT2D eigenvalue weighted by molar-refractivity contribution is -0.149. The highest BCUT2D eigenvalue weighted by Crippen LogP contribution is 2.31. The first-order valence-electron chi connectivity index (χ1n) is 10.1. The summed E-state index contributed by atoms with van der Waals surface area (Å²) in [5, 5.41) is 14.6. The Kier molecular flexibility index (Phi) is 7.12. The van der Waals surface area contributed by atoms with Crippen molar-refractivity contribution in [3.63, 3.8) is 0 Å². The first-order chi connectivity index (χ1) is 15.7. The number of methoxy groups -OCH3 is 1. The number of carboxylic acids is 1. The summed E-state index contributed by atoms with van der Waals surface area (Å²) in [7, 11) is 1.47. The molecule has 0 unspecified atom stereocenters. The van der Waals surface area contributed by atoms with Crippen molar-refractivity contribution in [2.45, 2.75) is 26.9 Å². The summed E-state index contributed by atoms with van der Waals surface area (Å²) < 4.78 is 15.9. The van der Waals surface area contributed by atoms with Crippen molar-refractivity contribution in [2.75, 3.05) is 18.7 Å². The molecule has 1 aliphatic heterocycles. The predicted octanol–water partition coefficient (Wildman–Crippen LogP) is 3.53. The smallest absolute Gasteiger partial charge is 0.344 e. The van der Waals surface area contributed by atoms with Gasteiger partial charge in [-0.25, -0.2) is 9.59 Å². The Morgan fingerprint density at radius 2 is 1.82 bits per heavy atom. The summed E-state index contributed by atoms with van der Waals surface area (Å²) in [6.07, 6.45) is 1.44. The van der Waals surface area contributed by atoms with E-state index >= 15 is 0 Å². The molecule has 0 atom stereocenters. The van der Waals surface area contributed by atoms with E-state index in [-0.39, 0.29) is 24.2 Å². The van der Waals surface area contributed by atoms with E-state index < -0.39 is 11.9 Å². The SMILES string of the molecule is COc1cc(/C=C2/C(=O)N(c3ccc(C(=O)O)cc3)N=C2C)ccc1OCC(=O)OC(C)C. The van der Waals surface area contributed by atoms with E-state index in [1.165, 1.54) is 36.4 Å². The minimum absolute atomic E-state index is 0.119. The van der Waals surface area contributed by atoms with Gasteiger partial charge >= 0.3 is 11.9 Å². The van der Waals surface area contributed by atoms with Crippen molar-refractivity contribution in [3.05, 3.63) is 59.2 Å². The molecule has 0 spiro atoms. The Balaban J connectivity index is 1.78. The van der Waals surface area contributed by atoms with Gasteiger partial charge in [0.2, 0.25) is 0 Å². The van der Waals surface area contributed by atoms with Gasteiger partial charge in [-0.05, 0) is 68.8 Å². The molecule has 1 amide bonds. The van der Waals surface area contributed by atoms with Gasteiger partial charge in [0.05, 0.1) is 35.7 Å². The number of nitrogens with zero attached hydrogens (tertiary/aromatic N) is 2. The normalized spacial score (nSPS) is 14.5. The Morgan fingerprint density at radius 3 is 2.42 bits per heavy atom. The van der Waals surface area contributed by atoms with Crippen molar-refractivity contribution < 1.29 is 33.7 Å². The first-order valence-corrected chi connectivity index (χ1v) is 10.1. The van der Waals surface area contributed by atoms with Crippen LogP contribution < -0.4 is 14.5 Å². The van der Waals surface area contributed by atoms with Gasteiger partial charge in [-0.2, -0.15) is 10.1 Å². The van der Waals surface area contributed by atoms with E-state index in [4.69, 9.17) is 19.3 Å². The lowest BCUT2D eigenvalue weighted by Crippen LogP contribution is -2.21. The van der Waals surface area contributed by atoms with Crippen LogP contribution in [0.15, 0.2) is 53.1 Å². The van der Waals surface area contributed by atoms with E-state index in [0.717, 1.165) is 0 Å². The Bertz CT molecular complexity index is 1130. The highest BCUT2D eigenvalue weighted by Gasteiger charge is 2.29. The highest BCUT2D eigenvalue weighted by molar-refractivity contribution is 6.32. The zero-order valence-electron chi connectivity index (χ0n) is 18.7. The molecule has 0 radical (unpaired) electrons. The molecule has 2 aromatic rings. The van der Waals surface area contributed by atoms with E-state index in [2.05, 4.69) is 5.10 Å². The fraction of sp³-hybridized carbons (Fsp3) is 0.250. The summed E-state index contributed by atoms with van der Waals surface area (Å²) >= 11 is 0. The third-order valence-corrected chi connectivity index (χ3v) is 4.63. The second-order valence-corrected chi connectivity index (χ2v) is 7.45. The fourth-order valence-corrected chi connectivity index (χ4v) is 3.10. The van der Waals surface area contributed by atoms with Crippen LogP contribution in [0.25, 0.3) is 6.08 Å². The fourth-order valence-electron chi connectivity index (χ4n) is 3.10. The highest BCUT2D eigenvalue weighted by atomic mass is 16.6. The molecule has 9 nitrogen and oxygen atoms in total. The number of amides is 1. The van der Waals surface area contributed by atoms with Crippen LogP contribution in [0.1, 0.15) is 36.7 Å². The van der Waals surface area contributed by atoms with Crippen LogP contribution in [0.5, 0.6) is 11.5 Å². The van der Waals surface area contributed by atoms with E-state index in [9.17, 15) is 14.4 Å². The molecule has 3 rings (SSSR count). The van der Waals surface area contributed by atoms with Gasteiger partial charge in [0.15, 0.2) is 18.1 Å². The summed E-state index contributed by atoms with van der Waals surface area (Å²) in [5.74, 6) is -1.12. The largest absolute Gasteiger partial charge is 0.493 e. The number of carboxylic acid groups (broad SMARTS) is 1. The number of ether oxygens (including phenoxy) is 3. The molecule has 33 heavy (non-hydrogen) atoms. The number of esters is 1. The Labute approximate surface area is 190 Å². The average molecular weight is 452 g/mol. The third kappa shape index (κ3) is 5.57. The van der Waals surface area contributed by atoms with Crippen molar-refractivity contribution in [1.82, 2.24) is 0 Å². The van der Waals surface area contributed by atoms with Crippen molar-refractivity contribution in [3.8, 4) is 11.5 Å². The molecule has 0 aromatic heterocycles. The number of rotatable bonds is 8. The van der Waals surface area contributed by atoms with Gasteiger partial charge in [-0.1, -0.05) is 6.07 Å².